The highest BCUT2D eigenvalue weighted by atomic mass is 35.5. The molecule has 1 aromatic heterocycles. The summed E-state index contributed by atoms with van der Waals surface area (Å²) in [7, 11) is 1.75. The van der Waals surface area contributed by atoms with Gasteiger partial charge in [-0.3, -0.25) is 4.99 Å². The largest absolute Gasteiger partial charge is 0.355 e. The second kappa shape index (κ2) is 9.54. The number of likely N-dealkylation sites (tertiary alicyclic amines) is 1. The van der Waals surface area contributed by atoms with Gasteiger partial charge in [-0.05, 0) is 38.1 Å². The van der Waals surface area contributed by atoms with Gasteiger partial charge < -0.3 is 20.1 Å². The molecule has 1 aliphatic heterocycles. The fourth-order valence-corrected chi connectivity index (χ4v) is 3.16. The van der Waals surface area contributed by atoms with Crippen LogP contribution in [0.25, 0.3) is 11.4 Å². The van der Waals surface area contributed by atoms with E-state index in [4.69, 9.17) is 16.1 Å². The second-order valence-electron chi connectivity index (χ2n) is 6.28. The van der Waals surface area contributed by atoms with Crippen molar-refractivity contribution in [2.75, 3.05) is 33.2 Å². The van der Waals surface area contributed by atoms with Gasteiger partial charge in [0.1, 0.15) is 0 Å². The van der Waals surface area contributed by atoms with E-state index >= 15 is 0 Å². The summed E-state index contributed by atoms with van der Waals surface area (Å²) in [5, 5.41) is 11.2. The zero-order chi connectivity index (χ0) is 18.2. The first kappa shape index (κ1) is 18.7. The molecule has 8 heteroatoms. The van der Waals surface area contributed by atoms with Crippen molar-refractivity contribution in [1.82, 2.24) is 25.7 Å². The lowest BCUT2D eigenvalue weighted by Crippen LogP contribution is -2.42. The van der Waals surface area contributed by atoms with Crippen molar-refractivity contribution in [1.29, 1.82) is 0 Å². The molecule has 0 amide bonds. The number of nitrogens with one attached hydrogen (secondary N) is 2. The van der Waals surface area contributed by atoms with Gasteiger partial charge in [-0.15, -0.1) is 0 Å². The van der Waals surface area contributed by atoms with Crippen LogP contribution in [0.4, 0.5) is 0 Å². The number of nitrogens with zero attached hydrogens (tertiary/aromatic N) is 4. The quantitative estimate of drug-likeness (QED) is 0.596. The Morgan fingerprint density at radius 1 is 1.27 bits per heavy atom. The van der Waals surface area contributed by atoms with Crippen molar-refractivity contribution >= 4 is 17.6 Å². The lowest BCUT2D eigenvalue weighted by molar-refractivity contribution is 0.232. The monoisotopic (exact) mass is 376 g/mol. The van der Waals surface area contributed by atoms with Crippen molar-refractivity contribution in [2.24, 2.45) is 4.99 Å². The van der Waals surface area contributed by atoms with Crippen molar-refractivity contribution in [2.45, 2.75) is 25.8 Å². The number of rotatable bonds is 6. The highest BCUT2D eigenvalue weighted by Gasteiger charge is 2.11. The van der Waals surface area contributed by atoms with Crippen LogP contribution in [0.2, 0.25) is 5.02 Å². The van der Waals surface area contributed by atoms with Crippen LogP contribution in [-0.4, -0.2) is 54.2 Å². The minimum absolute atomic E-state index is 0.414. The van der Waals surface area contributed by atoms with E-state index in [-0.39, 0.29) is 0 Å². The van der Waals surface area contributed by atoms with Gasteiger partial charge in [0.25, 0.3) is 0 Å². The molecule has 1 aromatic carbocycles. The second-order valence-corrected chi connectivity index (χ2v) is 6.71. The minimum atomic E-state index is 0.414. The normalized spacial score (nSPS) is 15.8. The van der Waals surface area contributed by atoms with E-state index < -0.39 is 0 Å². The maximum absolute atomic E-state index is 6.00. The van der Waals surface area contributed by atoms with Crippen LogP contribution >= 0.6 is 11.6 Å². The smallest absolute Gasteiger partial charge is 0.246 e. The first-order valence-electron chi connectivity index (χ1n) is 9.00. The zero-order valence-corrected chi connectivity index (χ0v) is 15.8. The van der Waals surface area contributed by atoms with Crippen LogP contribution in [0.3, 0.4) is 0 Å². The Labute approximate surface area is 158 Å². The molecule has 0 unspecified atom stereocenters. The molecule has 0 aliphatic carbocycles. The summed E-state index contributed by atoms with van der Waals surface area (Å²) in [6.45, 7) is 4.69. The molecule has 1 saturated heterocycles. The third-order valence-electron chi connectivity index (χ3n) is 4.35. The Kier molecular flexibility index (Phi) is 6.85. The summed E-state index contributed by atoms with van der Waals surface area (Å²) in [6, 6.07) is 7.38. The van der Waals surface area contributed by atoms with Gasteiger partial charge in [-0.1, -0.05) is 35.3 Å². The molecule has 1 fully saturated rings. The molecule has 0 spiro atoms. The molecular formula is C18H25ClN6O. The van der Waals surface area contributed by atoms with Gasteiger partial charge in [-0.25, -0.2) is 0 Å². The Balaban J connectivity index is 1.45. The zero-order valence-electron chi connectivity index (χ0n) is 15.0. The summed E-state index contributed by atoms with van der Waals surface area (Å²) in [4.78, 5) is 11.1. The van der Waals surface area contributed by atoms with Gasteiger partial charge in [0.15, 0.2) is 5.96 Å². The van der Waals surface area contributed by atoms with E-state index in [0.717, 1.165) is 24.6 Å². The Morgan fingerprint density at radius 2 is 2.12 bits per heavy atom. The van der Waals surface area contributed by atoms with Crippen LogP contribution in [0.1, 0.15) is 25.2 Å². The SMILES string of the molecule is CN=C(NCCN1CCCCC1)NCc1nc(-c2cccc(Cl)c2)no1. The number of guanidine groups is 1. The molecular weight excluding hydrogens is 352 g/mol. The Hall–Kier alpha value is -2.12. The Bertz CT molecular complexity index is 726. The third-order valence-corrected chi connectivity index (χ3v) is 4.59. The minimum Gasteiger partial charge on any atom is -0.355 e. The highest BCUT2D eigenvalue weighted by Crippen LogP contribution is 2.19. The van der Waals surface area contributed by atoms with Gasteiger partial charge >= 0.3 is 0 Å². The molecule has 3 rings (SSSR count). The topological polar surface area (TPSA) is 78.6 Å². The molecule has 1 aliphatic rings. The molecule has 2 heterocycles. The summed E-state index contributed by atoms with van der Waals surface area (Å²) >= 11 is 6.00. The van der Waals surface area contributed by atoms with E-state index in [1.54, 1.807) is 7.05 Å². The number of benzene rings is 1. The maximum atomic E-state index is 6.00. The van der Waals surface area contributed by atoms with E-state index in [1.165, 1.54) is 32.4 Å². The number of aromatic nitrogens is 2. The summed E-state index contributed by atoms with van der Waals surface area (Å²) in [5.41, 5.74) is 0.830. The third kappa shape index (κ3) is 5.44. The lowest BCUT2D eigenvalue weighted by atomic mass is 10.1. The van der Waals surface area contributed by atoms with Crippen molar-refractivity contribution < 1.29 is 4.52 Å². The van der Waals surface area contributed by atoms with Crippen molar-refractivity contribution in [3.8, 4) is 11.4 Å². The fourth-order valence-electron chi connectivity index (χ4n) is 2.97. The van der Waals surface area contributed by atoms with Gasteiger partial charge in [-0.2, -0.15) is 4.98 Å². The Morgan fingerprint density at radius 3 is 2.88 bits per heavy atom. The molecule has 0 bridgehead atoms. The number of aliphatic imine (C=N–C) groups is 1. The fraction of sp³-hybridized carbons (Fsp3) is 0.500. The van der Waals surface area contributed by atoms with E-state index in [2.05, 4.69) is 30.7 Å². The predicted molar refractivity (Wildman–Crippen MR) is 103 cm³/mol. The van der Waals surface area contributed by atoms with E-state index in [1.807, 2.05) is 24.3 Å². The molecule has 7 nitrogen and oxygen atoms in total. The number of hydrogen-bond acceptors (Lipinski definition) is 5. The van der Waals surface area contributed by atoms with Crippen LogP contribution < -0.4 is 10.6 Å². The molecule has 2 N–H and O–H groups in total. The molecule has 0 saturated carbocycles. The van der Waals surface area contributed by atoms with Crippen LogP contribution in [0, 0.1) is 0 Å². The highest BCUT2D eigenvalue weighted by molar-refractivity contribution is 6.30. The molecule has 0 atom stereocenters. The van der Waals surface area contributed by atoms with Gasteiger partial charge in [0.2, 0.25) is 11.7 Å². The van der Waals surface area contributed by atoms with Crippen molar-refractivity contribution in [3.63, 3.8) is 0 Å². The number of piperidine rings is 1. The van der Waals surface area contributed by atoms with E-state index in [0.29, 0.717) is 23.3 Å². The first-order chi connectivity index (χ1) is 12.7. The van der Waals surface area contributed by atoms with Gasteiger partial charge in [0.05, 0.1) is 6.54 Å². The van der Waals surface area contributed by atoms with Crippen LogP contribution in [-0.2, 0) is 6.54 Å². The molecule has 26 heavy (non-hydrogen) atoms. The first-order valence-corrected chi connectivity index (χ1v) is 9.38. The average Bonchev–Trinajstić information content (AvgIpc) is 3.14. The molecule has 2 aromatic rings. The van der Waals surface area contributed by atoms with Crippen molar-refractivity contribution in [3.05, 3.63) is 35.2 Å². The lowest BCUT2D eigenvalue weighted by Gasteiger charge is -2.26. The summed E-state index contributed by atoms with van der Waals surface area (Å²) in [5.74, 6) is 1.75. The van der Waals surface area contributed by atoms with Crippen LogP contribution in [0.5, 0.6) is 0 Å². The standard InChI is InChI=1S/C18H25ClN6O/c1-20-18(21-8-11-25-9-3-2-4-10-25)22-13-16-23-17(24-26-16)14-6-5-7-15(19)12-14/h5-7,12H,2-4,8-11,13H2,1H3,(H2,20,21,22). The van der Waals surface area contributed by atoms with Gasteiger partial charge in [0, 0.05) is 30.7 Å². The number of hydrogen-bond donors (Lipinski definition) is 2. The summed E-state index contributed by atoms with van der Waals surface area (Å²) in [6.07, 6.45) is 3.96. The van der Waals surface area contributed by atoms with E-state index in [9.17, 15) is 0 Å². The predicted octanol–water partition coefficient (Wildman–Crippen LogP) is 2.54. The summed E-state index contributed by atoms with van der Waals surface area (Å²) < 4.78 is 5.30. The molecule has 140 valence electrons. The molecule has 0 radical (unpaired) electrons. The average molecular weight is 377 g/mol. The number of halogens is 1. The van der Waals surface area contributed by atoms with Crippen LogP contribution in [0.15, 0.2) is 33.8 Å². The maximum Gasteiger partial charge on any atom is 0.246 e.